The van der Waals surface area contributed by atoms with Gasteiger partial charge in [0.2, 0.25) is 35.4 Å². The number of benzene rings is 1. The van der Waals surface area contributed by atoms with Crippen molar-refractivity contribution in [2.24, 2.45) is 11.7 Å². The lowest BCUT2D eigenvalue weighted by Crippen LogP contribution is -2.61. The lowest BCUT2D eigenvalue weighted by molar-refractivity contribution is -0.139. The third kappa shape index (κ3) is 19.4. The molecule has 22 nitrogen and oxygen atoms in total. The standard InChI is InChI=1S/C44H71N8O14P/c1-28(2)21-33(48-44(62)36-18-14-20-52(36)30(4)55)41(59)47-34(22-32-23-46-27-51(32)19-13-8-6-5-7-10-15-31-16-11-9-12-17-31)42(60)49-35(24-53)43(61)50-39(40(45)58)29(3)66-67(63,64)65-26-38(57)37(56)25-54/h9,11-12,16-17,23,27-29,33-39,53-54,56-57H,5-8,10,13-15,18-22,24-26H2,1-4H3,(H2,45,58)(H,47,59)(H,48,62)(H,49,60)(H,50,61)(H,63,64)/t29-,33+,34+,35+,36+,37-,38-,39+/m1/s1. The number of phosphoric ester groups is 1. The van der Waals surface area contributed by atoms with Gasteiger partial charge < -0.3 is 61.8 Å². The van der Waals surface area contributed by atoms with Crippen LogP contribution in [0.25, 0.3) is 0 Å². The van der Waals surface area contributed by atoms with Crippen LogP contribution in [0.4, 0.5) is 0 Å². The smallest absolute Gasteiger partial charge is 0.394 e. The Morgan fingerprint density at radius 1 is 0.851 bits per heavy atom. The summed E-state index contributed by atoms with van der Waals surface area (Å²) in [5.41, 5.74) is 7.33. The van der Waals surface area contributed by atoms with Crippen LogP contribution in [0, 0.1) is 5.92 Å². The van der Waals surface area contributed by atoms with Gasteiger partial charge in [0, 0.05) is 38.3 Å². The third-order valence-corrected chi connectivity index (χ3v) is 12.4. The molecule has 376 valence electrons. The van der Waals surface area contributed by atoms with E-state index in [1.807, 2.05) is 36.6 Å². The molecule has 0 aliphatic carbocycles. The number of hydrogen-bond donors (Lipinski definition) is 10. The molecule has 67 heavy (non-hydrogen) atoms. The average molecular weight is 967 g/mol. The van der Waals surface area contributed by atoms with E-state index in [1.54, 1.807) is 6.33 Å². The van der Waals surface area contributed by atoms with Crippen molar-refractivity contribution in [3.05, 3.63) is 54.1 Å². The summed E-state index contributed by atoms with van der Waals surface area (Å²) in [5, 5.41) is 48.6. The molecule has 1 aliphatic heterocycles. The predicted molar refractivity (Wildman–Crippen MR) is 243 cm³/mol. The molecular weight excluding hydrogens is 896 g/mol. The number of nitrogens with two attached hydrogens (primary N) is 1. The number of imidazole rings is 1. The van der Waals surface area contributed by atoms with Gasteiger partial charge in [-0.2, -0.15) is 0 Å². The highest BCUT2D eigenvalue weighted by atomic mass is 31.2. The quantitative estimate of drug-likeness (QED) is 0.0343. The number of aryl methyl sites for hydroxylation is 2. The SMILES string of the molecule is CC(=O)N1CCC[C@H]1C(=O)N[C@@H](CC(C)C)C(=O)N[C@@H](Cc1cncn1CCCCCCCCc1ccccc1)C(=O)N[C@@H](CO)C(=O)N[C@H](C(N)=O)[C@@H](C)OP(=O)(O)OC[C@@H](O)[C@H](O)CO. The van der Waals surface area contributed by atoms with Crippen LogP contribution in [-0.4, -0.2) is 150 Å². The molecule has 0 saturated carbocycles. The maximum absolute atomic E-state index is 14.2. The van der Waals surface area contributed by atoms with Crippen molar-refractivity contribution < 1.29 is 67.7 Å². The Hall–Kier alpha value is -4.80. The lowest BCUT2D eigenvalue weighted by Gasteiger charge is -2.29. The summed E-state index contributed by atoms with van der Waals surface area (Å²) in [5.74, 6) is -5.03. The highest BCUT2D eigenvalue weighted by Gasteiger charge is 2.38. The second-order valence-electron chi connectivity index (χ2n) is 17.3. The molecule has 2 heterocycles. The van der Waals surface area contributed by atoms with Gasteiger partial charge in [0.25, 0.3) is 0 Å². The summed E-state index contributed by atoms with van der Waals surface area (Å²) in [6.07, 6.45) is 6.04. The van der Waals surface area contributed by atoms with Crippen molar-refractivity contribution in [3.8, 4) is 0 Å². The minimum atomic E-state index is -5.09. The van der Waals surface area contributed by atoms with Gasteiger partial charge in [-0.15, -0.1) is 0 Å². The average Bonchev–Trinajstić information content (AvgIpc) is 3.97. The van der Waals surface area contributed by atoms with Gasteiger partial charge in [-0.1, -0.05) is 69.9 Å². The van der Waals surface area contributed by atoms with E-state index < -0.39 is 106 Å². The van der Waals surface area contributed by atoms with Crippen LogP contribution in [0.1, 0.15) is 96.7 Å². The molecule has 0 bridgehead atoms. The summed E-state index contributed by atoms with van der Waals surface area (Å²) in [6.45, 7) is 4.18. The zero-order valence-corrected chi connectivity index (χ0v) is 39.7. The Morgan fingerprint density at radius 2 is 1.48 bits per heavy atom. The molecule has 3 rings (SSSR count). The fourth-order valence-corrected chi connectivity index (χ4v) is 8.55. The molecule has 1 fully saturated rings. The number of aromatic nitrogens is 2. The largest absolute Gasteiger partial charge is 0.472 e. The topological polar surface area (TPSA) is 334 Å². The molecule has 0 radical (unpaired) electrons. The lowest BCUT2D eigenvalue weighted by atomic mass is 10.0. The molecule has 6 amide bonds. The van der Waals surface area contributed by atoms with Crippen molar-refractivity contribution in [1.29, 1.82) is 0 Å². The van der Waals surface area contributed by atoms with Crippen molar-refractivity contribution in [1.82, 2.24) is 35.7 Å². The number of phosphoric acid groups is 1. The molecule has 2 aromatic rings. The molecule has 1 aromatic heterocycles. The van der Waals surface area contributed by atoms with E-state index >= 15 is 0 Å². The molecule has 23 heteroatoms. The van der Waals surface area contributed by atoms with Crippen LogP contribution < -0.4 is 27.0 Å². The van der Waals surface area contributed by atoms with Gasteiger partial charge in [-0.05, 0) is 56.9 Å². The van der Waals surface area contributed by atoms with E-state index in [0.717, 1.165) is 51.9 Å². The molecule has 1 aliphatic rings. The molecular formula is C44H71N8O14P. The summed E-state index contributed by atoms with van der Waals surface area (Å²) >= 11 is 0. The van der Waals surface area contributed by atoms with Gasteiger partial charge in [-0.3, -0.25) is 37.8 Å². The second-order valence-corrected chi connectivity index (χ2v) is 18.7. The number of unbranched alkanes of at least 4 members (excludes halogenated alkanes) is 5. The Morgan fingerprint density at radius 3 is 2.10 bits per heavy atom. The van der Waals surface area contributed by atoms with E-state index in [4.69, 9.17) is 15.4 Å². The van der Waals surface area contributed by atoms with Crippen LogP contribution in [0.2, 0.25) is 0 Å². The summed E-state index contributed by atoms with van der Waals surface area (Å²) in [7, 11) is -5.09. The van der Waals surface area contributed by atoms with E-state index in [2.05, 4.69) is 42.9 Å². The van der Waals surface area contributed by atoms with Gasteiger partial charge in [0.1, 0.15) is 42.4 Å². The highest BCUT2D eigenvalue weighted by Crippen LogP contribution is 2.45. The van der Waals surface area contributed by atoms with Crippen molar-refractivity contribution in [2.45, 2.75) is 153 Å². The Bertz CT molecular complexity index is 1940. The van der Waals surface area contributed by atoms with E-state index in [-0.39, 0.29) is 24.7 Å². The predicted octanol–water partition coefficient (Wildman–Crippen LogP) is -0.281. The number of carbonyl (C=O) groups excluding carboxylic acids is 6. The number of nitrogens with one attached hydrogen (secondary N) is 4. The summed E-state index contributed by atoms with van der Waals surface area (Å²) in [6, 6.07) is 3.34. The normalized spacial score (nSPS) is 17.9. The van der Waals surface area contributed by atoms with Crippen molar-refractivity contribution in [2.75, 3.05) is 26.4 Å². The minimum Gasteiger partial charge on any atom is -0.394 e. The van der Waals surface area contributed by atoms with Crippen LogP contribution in [0.3, 0.4) is 0 Å². The molecule has 1 saturated heterocycles. The number of aliphatic hydroxyl groups is 4. The Balaban J connectivity index is 1.77. The highest BCUT2D eigenvalue weighted by molar-refractivity contribution is 7.47. The number of hydrogen-bond acceptors (Lipinski definition) is 14. The second kappa shape index (κ2) is 28.5. The summed E-state index contributed by atoms with van der Waals surface area (Å²) in [4.78, 5) is 95.8. The van der Waals surface area contributed by atoms with Crippen LogP contribution in [-0.2, 0) is 61.8 Å². The number of carbonyl (C=O) groups is 6. The molecule has 11 N–H and O–H groups in total. The zero-order valence-electron chi connectivity index (χ0n) is 38.8. The van der Waals surface area contributed by atoms with Gasteiger partial charge in [0.15, 0.2) is 0 Å². The van der Waals surface area contributed by atoms with Crippen LogP contribution in [0.5, 0.6) is 0 Å². The number of aliphatic hydroxyl groups excluding tert-OH is 4. The van der Waals surface area contributed by atoms with Gasteiger partial charge >= 0.3 is 7.82 Å². The zero-order chi connectivity index (χ0) is 49.7. The summed E-state index contributed by atoms with van der Waals surface area (Å²) < 4.78 is 24.0. The molecule has 0 spiro atoms. The van der Waals surface area contributed by atoms with Crippen molar-refractivity contribution in [3.63, 3.8) is 0 Å². The third-order valence-electron chi connectivity index (χ3n) is 11.3. The van der Waals surface area contributed by atoms with E-state index in [0.29, 0.717) is 31.6 Å². The monoisotopic (exact) mass is 966 g/mol. The van der Waals surface area contributed by atoms with E-state index in [1.165, 1.54) is 23.6 Å². The number of likely N-dealkylation sites (tertiary alicyclic amines) is 1. The fraction of sp³-hybridized carbons (Fsp3) is 0.659. The Kier molecular flexibility index (Phi) is 24.1. The molecule has 1 unspecified atom stereocenters. The van der Waals surface area contributed by atoms with Crippen LogP contribution >= 0.6 is 7.82 Å². The van der Waals surface area contributed by atoms with Crippen molar-refractivity contribution >= 4 is 43.3 Å². The first-order chi connectivity index (χ1) is 31.8. The maximum Gasteiger partial charge on any atom is 0.472 e. The van der Waals surface area contributed by atoms with Crippen LogP contribution in [0.15, 0.2) is 42.9 Å². The number of primary amides is 1. The van der Waals surface area contributed by atoms with E-state index in [9.17, 15) is 53.5 Å². The van der Waals surface area contributed by atoms with Gasteiger partial charge in [0.05, 0.1) is 32.3 Å². The molecule has 9 atom stereocenters. The first kappa shape index (κ1) is 56.5. The molecule has 1 aromatic carbocycles. The number of nitrogens with zero attached hydrogens (tertiary/aromatic N) is 3. The minimum absolute atomic E-state index is 0.106. The number of rotatable bonds is 31. The fourth-order valence-electron chi connectivity index (χ4n) is 7.61. The first-order valence-electron chi connectivity index (χ1n) is 22.8. The maximum atomic E-state index is 14.2. The Labute approximate surface area is 391 Å². The van der Waals surface area contributed by atoms with Gasteiger partial charge in [-0.25, -0.2) is 9.55 Å². The number of amides is 6. The first-order valence-corrected chi connectivity index (χ1v) is 24.3.